The van der Waals surface area contributed by atoms with Crippen LogP contribution in [0.2, 0.25) is 0 Å². The summed E-state index contributed by atoms with van der Waals surface area (Å²) in [4.78, 5) is 23.2. The number of hydrogen-bond acceptors (Lipinski definition) is 4. The Morgan fingerprint density at radius 2 is 2.06 bits per heavy atom. The van der Waals surface area contributed by atoms with Gasteiger partial charge in [0.15, 0.2) is 6.04 Å². The van der Waals surface area contributed by atoms with E-state index in [1.807, 2.05) is 19.9 Å². The molecule has 1 atom stereocenters. The van der Waals surface area contributed by atoms with Crippen LogP contribution in [0.3, 0.4) is 0 Å². The number of esters is 1. The Bertz CT molecular complexity index is 456. The summed E-state index contributed by atoms with van der Waals surface area (Å²) in [5.74, 6) is -1.07. The van der Waals surface area contributed by atoms with E-state index in [1.54, 1.807) is 12.1 Å². The molecule has 98 valence electrons. The Morgan fingerprint density at radius 3 is 2.61 bits per heavy atom. The van der Waals surface area contributed by atoms with E-state index >= 15 is 0 Å². The number of amides is 1. The largest absolute Gasteiger partial charge is 0.467 e. The molecule has 1 aromatic rings. The third kappa shape index (κ3) is 3.07. The van der Waals surface area contributed by atoms with Gasteiger partial charge in [0, 0.05) is 5.56 Å². The normalized spacial score (nSPS) is 11.8. The number of aryl methyl sites for hydroxylation is 1. The molecule has 0 aliphatic heterocycles. The second kappa shape index (κ2) is 6.16. The second-order valence-corrected chi connectivity index (χ2v) is 3.98. The van der Waals surface area contributed by atoms with E-state index in [4.69, 9.17) is 5.11 Å². The Hall–Kier alpha value is -1.88. The first-order chi connectivity index (χ1) is 8.51. The number of benzene rings is 1. The second-order valence-electron chi connectivity index (χ2n) is 3.98. The molecule has 5 nitrogen and oxygen atoms in total. The summed E-state index contributed by atoms with van der Waals surface area (Å²) in [5, 5.41) is 11.5. The molecule has 5 heteroatoms. The van der Waals surface area contributed by atoms with Crippen molar-refractivity contribution in [2.24, 2.45) is 0 Å². The summed E-state index contributed by atoms with van der Waals surface area (Å²) in [7, 11) is 1.20. The molecule has 1 rings (SSSR count). The van der Waals surface area contributed by atoms with Crippen LogP contribution in [-0.4, -0.2) is 36.7 Å². The zero-order valence-electron chi connectivity index (χ0n) is 10.7. The fourth-order valence-electron chi connectivity index (χ4n) is 1.55. The molecule has 0 bridgehead atoms. The number of ether oxygens (including phenoxy) is 1. The van der Waals surface area contributed by atoms with Crippen LogP contribution >= 0.6 is 0 Å². The van der Waals surface area contributed by atoms with Gasteiger partial charge in [-0.2, -0.15) is 0 Å². The third-order valence-electron chi connectivity index (χ3n) is 2.82. The summed E-state index contributed by atoms with van der Waals surface area (Å²) >= 11 is 0. The SMILES string of the molecule is COC(=O)C(CO)NC(=O)c1cccc(C)c1C. The fraction of sp³-hybridized carbons (Fsp3) is 0.385. The molecule has 0 aliphatic carbocycles. The van der Waals surface area contributed by atoms with Crippen LogP contribution in [0.25, 0.3) is 0 Å². The van der Waals surface area contributed by atoms with Gasteiger partial charge in [-0.1, -0.05) is 12.1 Å². The van der Waals surface area contributed by atoms with Crippen molar-refractivity contribution in [3.8, 4) is 0 Å². The number of carbonyl (C=O) groups is 2. The van der Waals surface area contributed by atoms with Crippen molar-refractivity contribution in [2.45, 2.75) is 19.9 Å². The minimum absolute atomic E-state index is 0.402. The van der Waals surface area contributed by atoms with Gasteiger partial charge in [0.25, 0.3) is 5.91 Å². The van der Waals surface area contributed by atoms with Crippen molar-refractivity contribution in [3.05, 3.63) is 34.9 Å². The van der Waals surface area contributed by atoms with Gasteiger partial charge in [0.2, 0.25) is 0 Å². The quantitative estimate of drug-likeness (QED) is 0.767. The zero-order chi connectivity index (χ0) is 13.7. The van der Waals surface area contributed by atoms with Gasteiger partial charge in [0.1, 0.15) is 0 Å². The highest BCUT2D eigenvalue weighted by molar-refractivity contribution is 5.98. The summed E-state index contributed by atoms with van der Waals surface area (Å²) in [6, 6.07) is 4.30. The molecule has 0 saturated heterocycles. The molecule has 0 radical (unpaired) electrons. The minimum atomic E-state index is -1.04. The fourth-order valence-corrected chi connectivity index (χ4v) is 1.55. The van der Waals surface area contributed by atoms with Gasteiger partial charge in [-0.05, 0) is 31.0 Å². The van der Waals surface area contributed by atoms with Gasteiger partial charge in [0.05, 0.1) is 13.7 Å². The number of aliphatic hydroxyl groups excluding tert-OH is 1. The lowest BCUT2D eigenvalue weighted by molar-refractivity contribution is -0.143. The number of methoxy groups -OCH3 is 1. The number of aliphatic hydroxyl groups is 1. The van der Waals surface area contributed by atoms with Crippen LogP contribution in [-0.2, 0) is 9.53 Å². The molecule has 0 heterocycles. The zero-order valence-corrected chi connectivity index (χ0v) is 10.7. The molecular formula is C13H17NO4. The van der Waals surface area contributed by atoms with Crippen LogP contribution < -0.4 is 5.32 Å². The van der Waals surface area contributed by atoms with E-state index in [2.05, 4.69) is 10.1 Å². The van der Waals surface area contributed by atoms with Crippen molar-refractivity contribution in [1.29, 1.82) is 0 Å². The van der Waals surface area contributed by atoms with Crippen molar-refractivity contribution >= 4 is 11.9 Å². The van der Waals surface area contributed by atoms with Gasteiger partial charge in [-0.15, -0.1) is 0 Å². The molecule has 0 fully saturated rings. The minimum Gasteiger partial charge on any atom is -0.467 e. The van der Waals surface area contributed by atoms with Crippen LogP contribution in [0.15, 0.2) is 18.2 Å². The molecule has 0 aromatic heterocycles. The first kappa shape index (κ1) is 14.2. The molecule has 1 amide bonds. The lowest BCUT2D eigenvalue weighted by Gasteiger charge is -2.15. The lowest BCUT2D eigenvalue weighted by Crippen LogP contribution is -2.44. The molecule has 18 heavy (non-hydrogen) atoms. The van der Waals surface area contributed by atoms with Gasteiger partial charge in [-0.25, -0.2) is 4.79 Å². The average Bonchev–Trinajstić information content (AvgIpc) is 2.37. The van der Waals surface area contributed by atoms with E-state index in [0.29, 0.717) is 5.56 Å². The van der Waals surface area contributed by atoms with Crippen LogP contribution in [0.5, 0.6) is 0 Å². The number of rotatable bonds is 4. The Labute approximate surface area is 106 Å². The highest BCUT2D eigenvalue weighted by atomic mass is 16.5. The Kier molecular flexibility index (Phi) is 4.85. The van der Waals surface area contributed by atoms with Crippen molar-refractivity contribution in [3.63, 3.8) is 0 Å². The van der Waals surface area contributed by atoms with Crippen molar-refractivity contribution in [1.82, 2.24) is 5.32 Å². The maximum absolute atomic E-state index is 12.0. The first-order valence-electron chi connectivity index (χ1n) is 5.57. The van der Waals surface area contributed by atoms with Crippen LogP contribution in [0.1, 0.15) is 21.5 Å². The summed E-state index contributed by atoms with van der Waals surface area (Å²) in [6.07, 6.45) is 0. The van der Waals surface area contributed by atoms with Gasteiger partial charge in [-0.3, -0.25) is 4.79 Å². The monoisotopic (exact) mass is 251 g/mol. The summed E-state index contributed by atoms with van der Waals surface area (Å²) < 4.78 is 4.48. The summed E-state index contributed by atoms with van der Waals surface area (Å²) in [6.45, 7) is 3.23. The van der Waals surface area contributed by atoms with Crippen molar-refractivity contribution in [2.75, 3.05) is 13.7 Å². The average molecular weight is 251 g/mol. The molecule has 0 saturated carbocycles. The van der Waals surface area contributed by atoms with Crippen molar-refractivity contribution < 1.29 is 19.4 Å². The molecule has 0 spiro atoms. The van der Waals surface area contributed by atoms with Gasteiger partial charge < -0.3 is 15.2 Å². The van der Waals surface area contributed by atoms with Crippen LogP contribution in [0, 0.1) is 13.8 Å². The first-order valence-corrected chi connectivity index (χ1v) is 5.57. The molecular weight excluding hydrogens is 234 g/mol. The van der Waals surface area contributed by atoms with E-state index in [0.717, 1.165) is 11.1 Å². The predicted molar refractivity (Wildman–Crippen MR) is 66.3 cm³/mol. The third-order valence-corrected chi connectivity index (χ3v) is 2.82. The molecule has 1 aromatic carbocycles. The van der Waals surface area contributed by atoms with E-state index in [9.17, 15) is 9.59 Å². The van der Waals surface area contributed by atoms with E-state index in [1.165, 1.54) is 7.11 Å². The Balaban J connectivity index is 2.88. The summed E-state index contributed by atoms with van der Waals surface area (Å²) in [5.41, 5.74) is 2.31. The lowest BCUT2D eigenvalue weighted by atomic mass is 10.0. The number of carbonyl (C=O) groups excluding carboxylic acids is 2. The molecule has 0 aliphatic rings. The number of hydrogen-bond donors (Lipinski definition) is 2. The maximum Gasteiger partial charge on any atom is 0.330 e. The highest BCUT2D eigenvalue weighted by Crippen LogP contribution is 2.12. The highest BCUT2D eigenvalue weighted by Gasteiger charge is 2.21. The van der Waals surface area contributed by atoms with E-state index < -0.39 is 24.5 Å². The Morgan fingerprint density at radius 1 is 1.39 bits per heavy atom. The molecule has 1 unspecified atom stereocenters. The predicted octanol–water partition coefficient (Wildman–Crippen LogP) is 0.567. The molecule has 2 N–H and O–H groups in total. The van der Waals surface area contributed by atoms with E-state index in [-0.39, 0.29) is 0 Å². The number of nitrogens with one attached hydrogen (secondary N) is 1. The smallest absolute Gasteiger partial charge is 0.330 e. The van der Waals surface area contributed by atoms with Crippen LogP contribution in [0.4, 0.5) is 0 Å². The maximum atomic E-state index is 12.0. The standard InChI is InChI=1S/C13H17NO4/c1-8-5-4-6-10(9(8)2)12(16)14-11(7-15)13(17)18-3/h4-6,11,15H,7H2,1-3H3,(H,14,16). The topological polar surface area (TPSA) is 75.6 Å². The van der Waals surface area contributed by atoms with Gasteiger partial charge >= 0.3 is 5.97 Å².